The molecular weight excluding hydrogens is 403 g/mol. The molecule has 0 spiro atoms. The minimum atomic E-state index is 0. The topological polar surface area (TPSA) is 65.5 Å². The molecule has 134 valence electrons. The Morgan fingerprint density at radius 2 is 1.57 bits per heavy atom. The molecule has 2 fully saturated rings. The summed E-state index contributed by atoms with van der Waals surface area (Å²) in [5.41, 5.74) is 0. The highest BCUT2D eigenvalue weighted by Gasteiger charge is 2.19. The Hall–Kier alpha value is -0.530. The van der Waals surface area contributed by atoms with Crippen LogP contribution in [-0.2, 0) is 4.79 Å². The lowest BCUT2D eigenvalue weighted by Gasteiger charge is -2.28. The van der Waals surface area contributed by atoms with Crippen molar-refractivity contribution < 1.29 is 4.79 Å². The zero-order valence-electron chi connectivity index (χ0n) is 14.6. The van der Waals surface area contributed by atoms with Crippen LogP contribution in [0.25, 0.3) is 0 Å². The van der Waals surface area contributed by atoms with Crippen LogP contribution < -0.4 is 16.0 Å². The lowest BCUT2D eigenvalue weighted by molar-refractivity contribution is -0.120. The van der Waals surface area contributed by atoms with Gasteiger partial charge < -0.3 is 16.0 Å². The van der Waals surface area contributed by atoms with E-state index in [2.05, 4.69) is 27.9 Å². The second kappa shape index (κ2) is 11.1. The number of halogens is 1. The molecule has 6 heteroatoms. The van der Waals surface area contributed by atoms with Gasteiger partial charge in [-0.1, -0.05) is 26.2 Å². The summed E-state index contributed by atoms with van der Waals surface area (Å²) in [5.74, 6) is 1.67. The number of rotatable bonds is 4. The third-order valence-electron chi connectivity index (χ3n) is 4.97. The van der Waals surface area contributed by atoms with Gasteiger partial charge in [0.05, 0.1) is 6.54 Å². The van der Waals surface area contributed by atoms with Crippen LogP contribution in [0.3, 0.4) is 0 Å². The van der Waals surface area contributed by atoms with Crippen molar-refractivity contribution in [1.82, 2.24) is 16.0 Å². The summed E-state index contributed by atoms with van der Waals surface area (Å²) in [6.45, 7) is 2.62. The minimum absolute atomic E-state index is 0. The number of carbonyl (C=O) groups is 1. The fourth-order valence-electron chi connectivity index (χ4n) is 3.48. The molecule has 0 bridgehead atoms. The first kappa shape index (κ1) is 20.5. The summed E-state index contributed by atoms with van der Waals surface area (Å²) in [6.07, 6.45) is 11.0. The first-order chi connectivity index (χ1) is 10.7. The Kier molecular flexibility index (Phi) is 9.90. The van der Waals surface area contributed by atoms with Crippen LogP contribution in [0.1, 0.15) is 64.7 Å². The first-order valence-electron chi connectivity index (χ1n) is 8.94. The number of hydrogen-bond donors (Lipinski definition) is 3. The van der Waals surface area contributed by atoms with Gasteiger partial charge in [0, 0.05) is 19.1 Å². The molecule has 0 aromatic heterocycles. The SMILES string of the molecule is CN=C(NCC(=O)NC1CCCCC1)NC1CCC(C)CC1.I. The normalized spacial score (nSPS) is 26.1. The monoisotopic (exact) mass is 436 g/mol. The van der Waals surface area contributed by atoms with E-state index in [9.17, 15) is 4.79 Å². The van der Waals surface area contributed by atoms with Crippen LogP contribution in [0.2, 0.25) is 0 Å². The maximum absolute atomic E-state index is 12.0. The van der Waals surface area contributed by atoms with E-state index in [-0.39, 0.29) is 29.9 Å². The van der Waals surface area contributed by atoms with E-state index in [0.29, 0.717) is 18.6 Å². The summed E-state index contributed by atoms with van der Waals surface area (Å²) in [4.78, 5) is 16.2. The Labute approximate surface area is 157 Å². The highest BCUT2D eigenvalue weighted by Crippen LogP contribution is 2.23. The molecule has 0 unspecified atom stereocenters. The molecule has 2 saturated carbocycles. The zero-order chi connectivity index (χ0) is 15.8. The van der Waals surface area contributed by atoms with Gasteiger partial charge in [0.1, 0.15) is 0 Å². The van der Waals surface area contributed by atoms with Crippen LogP contribution in [-0.4, -0.2) is 37.5 Å². The van der Waals surface area contributed by atoms with Crippen LogP contribution in [0.5, 0.6) is 0 Å². The van der Waals surface area contributed by atoms with Crippen molar-refractivity contribution in [3.05, 3.63) is 0 Å². The highest BCUT2D eigenvalue weighted by atomic mass is 127. The van der Waals surface area contributed by atoms with E-state index in [1.807, 2.05) is 0 Å². The summed E-state index contributed by atoms with van der Waals surface area (Å²) in [5, 5.41) is 9.71. The molecule has 0 aromatic rings. The van der Waals surface area contributed by atoms with Crippen molar-refractivity contribution in [2.24, 2.45) is 10.9 Å². The van der Waals surface area contributed by atoms with Crippen molar-refractivity contribution >= 4 is 35.8 Å². The average molecular weight is 436 g/mol. The molecule has 0 heterocycles. The van der Waals surface area contributed by atoms with E-state index in [1.54, 1.807) is 7.05 Å². The molecule has 2 aliphatic rings. The zero-order valence-corrected chi connectivity index (χ0v) is 16.9. The van der Waals surface area contributed by atoms with E-state index >= 15 is 0 Å². The third kappa shape index (κ3) is 7.72. The number of amides is 1. The smallest absolute Gasteiger partial charge is 0.239 e. The average Bonchev–Trinajstić information content (AvgIpc) is 2.54. The molecule has 23 heavy (non-hydrogen) atoms. The number of aliphatic imine (C=N–C) groups is 1. The Morgan fingerprint density at radius 1 is 0.957 bits per heavy atom. The Bertz CT molecular complexity index is 375. The van der Waals surface area contributed by atoms with E-state index in [4.69, 9.17) is 0 Å². The Balaban J connectivity index is 0.00000264. The van der Waals surface area contributed by atoms with E-state index in [0.717, 1.165) is 24.7 Å². The number of nitrogens with zero attached hydrogens (tertiary/aromatic N) is 1. The molecule has 0 aliphatic heterocycles. The first-order valence-corrected chi connectivity index (χ1v) is 8.94. The van der Waals surface area contributed by atoms with Crippen LogP contribution >= 0.6 is 24.0 Å². The van der Waals surface area contributed by atoms with Gasteiger partial charge in [0.15, 0.2) is 5.96 Å². The van der Waals surface area contributed by atoms with Gasteiger partial charge >= 0.3 is 0 Å². The molecule has 0 aromatic carbocycles. The maximum atomic E-state index is 12.0. The van der Waals surface area contributed by atoms with Gasteiger partial charge in [-0.15, -0.1) is 24.0 Å². The van der Waals surface area contributed by atoms with E-state index < -0.39 is 0 Å². The lowest BCUT2D eigenvalue weighted by Crippen LogP contribution is -2.49. The van der Waals surface area contributed by atoms with Gasteiger partial charge in [-0.3, -0.25) is 9.79 Å². The fraction of sp³-hybridized carbons (Fsp3) is 0.882. The van der Waals surface area contributed by atoms with Crippen molar-refractivity contribution in [3.63, 3.8) is 0 Å². The molecule has 0 atom stereocenters. The molecule has 5 nitrogen and oxygen atoms in total. The molecule has 0 saturated heterocycles. The van der Waals surface area contributed by atoms with Crippen molar-refractivity contribution in [1.29, 1.82) is 0 Å². The quantitative estimate of drug-likeness (QED) is 0.361. The number of nitrogens with one attached hydrogen (secondary N) is 3. The molecule has 3 N–H and O–H groups in total. The van der Waals surface area contributed by atoms with Crippen LogP contribution in [0.4, 0.5) is 0 Å². The number of guanidine groups is 1. The van der Waals surface area contributed by atoms with Gasteiger partial charge in [0.2, 0.25) is 5.91 Å². The third-order valence-corrected chi connectivity index (χ3v) is 4.97. The largest absolute Gasteiger partial charge is 0.354 e. The molecular formula is C17H33IN4O. The second-order valence-corrected chi connectivity index (χ2v) is 6.93. The predicted molar refractivity (Wildman–Crippen MR) is 106 cm³/mol. The van der Waals surface area contributed by atoms with Crippen LogP contribution in [0.15, 0.2) is 4.99 Å². The van der Waals surface area contributed by atoms with Gasteiger partial charge in [-0.2, -0.15) is 0 Å². The summed E-state index contributed by atoms with van der Waals surface area (Å²) < 4.78 is 0. The van der Waals surface area contributed by atoms with Crippen molar-refractivity contribution in [2.45, 2.75) is 76.8 Å². The van der Waals surface area contributed by atoms with Gasteiger partial charge in [-0.25, -0.2) is 0 Å². The summed E-state index contributed by atoms with van der Waals surface area (Å²) in [6, 6.07) is 0.863. The standard InChI is InChI=1S/C17H32N4O.HI/c1-13-8-10-15(11-9-13)21-17(18-2)19-12-16(22)20-14-6-4-3-5-7-14;/h13-15H,3-12H2,1-2H3,(H,20,22)(H2,18,19,21);1H. The Morgan fingerprint density at radius 3 is 2.17 bits per heavy atom. The van der Waals surface area contributed by atoms with Crippen molar-refractivity contribution in [3.8, 4) is 0 Å². The van der Waals surface area contributed by atoms with Crippen LogP contribution in [0, 0.1) is 5.92 Å². The highest BCUT2D eigenvalue weighted by molar-refractivity contribution is 14.0. The number of hydrogen-bond acceptors (Lipinski definition) is 2. The minimum Gasteiger partial charge on any atom is -0.354 e. The molecule has 1 amide bonds. The second-order valence-electron chi connectivity index (χ2n) is 6.93. The predicted octanol–water partition coefficient (Wildman–Crippen LogP) is 2.80. The van der Waals surface area contributed by atoms with Gasteiger partial charge in [0.25, 0.3) is 0 Å². The number of carbonyl (C=O) groups excluding carboxylic acids is 1. The lowest BCUT2D eigenvalue weighted by atomic mass is 9.87. The fourth-order valence-corrected chi connectivity index (χ4v) is 3.48. The van der Waals surface area contributed by atoms with E-state index in [1.165, 1.54) is 44.9 Å². The summed E-state index contributed by atoms with van der Waals surface area (Å²) in [7, 11) is 1.76. The molecule has 2 rings (SSSR count). The summed E-state index contributed by atoms with van der Waals surface area (Å²) >= 11 is 0. The van der Waals surface area contributed by atoms with Gasteiger partial charge in [-0.05, 0) is 44.4 Å². The maximum Gasteiger partial charge on any atom is 0.239 e. The molecule has 2 aliphatic carbocycles. The molecule has 0 radical (unpaired) electrons. The van der Waals surface area contributed by atoms with Crippen molar-refractivity contribution in [2.75, 3.05) is 13.6 Å².